The third kappa shape index (κ3) is 6.14. The maximum Gasteiger partial charge on any atom is 0.271 e. The molecule has 0 heterocycles. The van der Waals surface area contributed by atoms with E-state index in [2.05, 4.69) is 15.8 Å². The maximum absolute atomic E-state index is 12.2. The van der Waals surface area contributed by atoms with Gasteiger partial charge in [-0.05, 0) is 30.7 Å². The molecule has 0 atom stereocenters. The van der Waals surface area contributed by atoms with E-state index in [-0.39, 0.29) is 12.3 Å². The molecular formula is C20H23N3O4. The van der Waals surface area contributed by atoms with Gasteiger partial charge in [-0.15, -0.1) is 0 Å². The molecule has 7 nitrogen and oxygen atoms in total. The first kappa shape index (κ1) is 20.0. The van der Waals surface area contributed by atoms with Gasteiger partial charge < -0.3 is 14.8 Å². The summed E-state index contributed by atoms with van der Waals surface area (Å²) >= 11 is 0. The summed E-state index contributed by atoms with van der Waals surface area (Å²) in [7, 11) is 3.02. The highest BCUT2D eigenvalue weighted by molar-refractivity contribution is 6.01. The van der Waals surface area contributed by atoms with Crippen molar-refractivity contribution in [2.45, 2.75) is 19.9 Å². The Morgan fingerprint density at radius 3 is 2.37 bits per heavy atom. The van der Waals surface area contributed by atoms with Crippen LogP contribution in [0.2, 0.25) is 0 Å². The number of nitrogens with one attached hydrogen (secondary N) is 2. The third-order valence-corrected chi connectivity index (χ3v) is 3.74. The van der Waals surface area contributed by atoms with Gasteiger partial charge in [0.05, 0.1) is 20.6 Å². The molecule has 7 heteroatoms. The van der Waals surface area contributed by atoms with E-state index in [1.807, 2.05) is 30.3 Å². The van der Waals surface area contributed by atoms with Crippen LogP contribution in [0.15, 0.2) is 53.6 Å². The number of benzene rings is 2. The van der Waals surface area contributed by atoms with E-state index in [9.17, 15) is 9.59 Å². The highest BCUT2D eigenvalue weighted by Gasteiger charge is 2.11. The minimum atomic E-state index is -0.403. The van der Waals surface area contributed by atoms with Crippen molar-refractivity contribution in [2.75, 3.05) is 14.2 Å². The summed E-state index contributed by atoms with van der Waals surface area (Å²) in [6, 6.07) is 14.4. The number of hydrogen-bond acceptors (Lipinski definition) is 5. The minimum Gasteiger partial charge on any atom is -0.493 e. The third-order valence-electron chi connectivity index (χ3n) is 3.74. The van der Waals surface area contributed by atoms with Crippen LogP contribution in [-0.2, 0) is 11.3 Å². The van der Waals surface area contributed by atoms with Gasteiger partial charge in [0.15, 0.2) is 11.5 Å². The van der Waals surface area contributed by atoms with Crippen LogP contribution >= 0.6 is 0 Å². The SMILES string of the molecule is COc1ccc(C(=O)N/N=C(\C)CC(=O)NCc2ccccc2)cc1OC. The molecule has 2 N–H and O–H groups in total. The van der Waals surface area contributed by atoms with E-state index in [1.165, 1.54) is 14.2 Å². The average molecular weight is 369 g/mol. The largest absolute Gasteiger partial charge is 0.493 e. The van der Waals surface area contributed by atoms with Gasteiger partial charge >= 0.3 is 0 Å². The highest BCUT2D eigenvalue weighted by Crippen LogP contribution is 2.27. The van der Waals surface area contributed by atoms with Crippen LogP contribution in [0.3, 0.4) is 0 Å². The zero-order valence-corrected chi connectivity index (χ0v) is 15.6. The molecule has 0 bridgehead atoms. The van der Waals surface area contributed by atoms with E-state index in [4.69, 9.17) is 9.47 Å². The first-order valence-corrected chi connectivity index (χ1v) is 8.39. The summed E-state index contributed by atoms with van der Waals surface area (Å²) in [6.45, 7) is 2.13. The Labute approximate surface area is 158 Å². The molecule has 0 aromatic heterocycles. The first-order valence-electron chi connectivity index (χ1n) is 8.39. The number of ether oxygens (including phenoxy) is 2. The van der Waals surface area contributed by atoms with Crippen LogP contribution < -0.4 is 20.2 Å². The predicted molar refractivity (Wildman–Crippen MR) is 103 cm³/mol. The summed E-state index contributed by atoms with van der Waals surface area (Å²) in [4.78, 5) is 24.2. The number of carbonyl (C=O) groups excluding carboxylic acids is 2. The van der Waals surface area contributed by atoms with Crippen molar-refractivity contribution in [3.8, 4) is 11.5 Å². The van der Waals surface area contributed by atoms with Gasteiger partial charge in [0.2, 0.25) is 5.91 Å². The molecule has 0 unspecified atom stereocenters. The summed E-state index contributed by atoms with van der Waals surface area (Å²) in [5, 5.41) is 6.79. The number of carbonyl (C=O) groups is 2. The van der Waals surface area contributed by atoms with Crippen molar-refractivity contribution < 1.29 is 19.1 Å². The van der Waals surface area contributed by atoms with Crippen LogP contribution in [0.4, 0.5) is 0 Å². The quantitative estimate of drug-likeness (QED) is 0.553. The molecule has 0 radical (unpaired) electrons. The van der Waals surface area contributed by atoms with Crippen molar-refractivity contribution in [1.29, 1.82) is 0 Å². The van der Waals surface area contributed by atoms with Crippen LogP contribution in [0.25, 0.3) is 0 Å². The fourth-order valence-corrected chi connectivity index (χ4v) is 2.32. The van der Waals surface area contributed by atoms with Gasteiger partial charge in [-0.3, -0.25) is 9.59 Å². The molecule has 0 spiro atoms. The second kappa shape index (κ2) is 9.96. The van der Waals surface area contributed by atoms with Gasteiger partial charge in [-0.2, -0.15) is 5.10 Å². The molecule has 0 saturated heterocycles. The molecule has 2 aromatic rings. The van der Waals surface area contributed by atoms with Gasteiger partial charge in [0.1, 0.15) is 0 Å². The van der Waals surface area contributed by atoms with Gasteiger partial charge in [0, 0.05) is 17.8 Å². The highest BCUT2D eigenvalue weighted by atomic mass is 16.5. The van der Waals surface area contributed by atoms with Crippen molar-refractivity contribution in [1.82, 2.24) is 10.7 Å². The lowest BCUT2D eigenvalue weighted by molar-refractivity contribution is -0.120. The Morgan fingerprint density at radius 1 is 1.00 bits per heavy atom. The fourth-order valence-electron chi connectivity index (χ4n) is 2.32. The molecule has 0 aliphatic heterocycles. The van der Waals surface area contributed by atoms with E-state index in [0.29, 0.717) is 29.3 Å². The lowest BCUT2D eigenvalue weighted by Crippen LogP contribution is -2.26. The molecule has 2 rings (SSSR count). The van der Waals surface area contributed by atoms with E-state index >= 15 is 0 Å². The number of methoxy groups -OCH3 is 2. The number of amides is 2. The standard InChI is InChI=1S/C20H23N3O4/c1-14(11-19(24)21-13-15-7-5-4-6-8-15)22-23-20(25)16-9-10-17(26-2)18(12-16)27-3/h4-10,12H,11,13H2,1-3H3,(H,21,24)(H,23,25)/b22-14+. The Morgan fingerprint density at radius 2 is 1.70 bits per heavy atom. The summed E-state index contributed by atoms with van der Waals surface area (Å²) in [6.07, 6.45) is 0.0963. The number of hydrogen-bond donors (Lipinski definition) is 2. The van der Waals surface area contributed by atoms with Gasteiger partial charge in [0.25, 0.3) is 5.91 Å². The number of nitrogens with zero attached hydrogens (tertiary/aromatic N) is 1. The van der Waals surface area contributed by atoms with Crippen molar-refractivity contribution in [3.63, 3.8) is 0 Å². The van der Waals surface area contributed by atoms with Crippen molar-refractivity contribution >= 4 is 17.5 Å². The molecule has 142 valence electrons. The Balaban J connectivity index is 1.87. The molecule has 27 heavy (non-hydrogen) atoms. The van der Waals surface area contributed by atoms with Crippen LogP contribution in [0, 0.1) is 0 Å². The molecule has 0 fully saturated rings. The lowest BCUT2D eigenvalue weighted by Gasteiger charge is -2.09. The van der Waals surface area contributed by atoms with Gasteiger partial charge in [-0.1, -0.05) is 30.3 Å². The molecule has 2 aromatic carbocycles. The zero-order chi connectivity index (χ0) is 19.6. The normalized spacial score (nSPS) is 10.9. The van der Waals surface area contributed by atoms with Crippen molar-refractivity contribution in [2.24, 2.45) is 5.10 Å². The lowest BCUT2D eigenvalue weighted by atomic mass is 10.2. The number of rotatable bonds is 8. The predicted octanol–water partition coefficient (Wildman–Crippen LogP) is 2.52. The van der Waals surface area contributed by atoms with Crippen LogP contribution in [-0.4, -0.2) is 31.7 Å². The molecule has 2 amide bonds. The molecule has 0 aliphatic carbocycles. The monoisotopic (exact) mass is 369 g/mol. The summed E-state index contributed by atoms with van der Waals surface area (Å²) < 4.78 is 10.3. The Bertz CT molecular complexity index is 819. The maximum atomic E-state index is 12.2. The van der Waals surface area contributed by atoms with E-state index < -0.39 is 5.91 Å². The zero-order valence-electron chi connectivity index (χ0n) is 15.6. The van der Waals surface area contributed by atoms with Crippen LogP contribution in [0.5, 0.6) is 11.5 Å². The Hall–Kier alpha value is -3.35. The molecule has 0 aliphatic rings. The first-order chi connectivity index (χ1) is 13.0. The second-order valence-electron chi connectivity index (χ2n) is 5.80. The minimum absolute atomic E-state index is 0.0963. The molecule has 0 saturated carbocycles. The average Bonchev–Trinajstić information content (AvgIpc) is 2.70. The summed E-state index contributed by atoms with van der Waals surface area (Å²) in [5.74, 6) is 0.412. The second-order valence-corrected chi connectivity index (χ2v) is 5.80. The Kier molecular flexibility index (Phi) is 7.37. The smallest absolute Gasteiger partial charge is 0.271 e. The van der Waals surface area contributed by atoms with Crippen molar-refractivity contribution in [3.05, 3.63) is 59.7 Å². The fraction of sp³-hybridized carbons (Fsp3) is 0.250. The summed E-state index contributed by atoms with van der Waals surface area (Å²) in [5.41, 5.74) is 4.32. The number of hydrazone groups is 1. The topological polar surface area (TPSA) is 89.0 Å². The van der Waals surface area contributed by atoms with Crippen LogP contribution in [0.1, 0.15) is 29.3 Å². The van der Waals surface area contributed by atoms with Gasteiger partial charge in [-0.25, -0.2) is 5.43 Å². The molecular weight excluding hydrogens is 346 g/mol. The van der Waals surface area contributed by atoms with E-state index in [1.54, 1.807) is 25.1 Å². The van der Waals surface area contributed by atoms with E-state index in [0.717, 1.165) is 5.56 Å².